The molecule has 10 heteroatoms. The topological polar surface area (TPSA) is 129 Å². The van der Waals surface area contributed by atoms with Crippen LogP contribution >= 0.6 is 34.7 Å². The van der Waals surface area contributed by atoms with Gasteiger partial charge in [0.1, 0.15) is 45.4 Å². The predicted octanol–water partition coefficient (Wildman–Crippen LogP) is 6.83. The van der Waals surface area contributed by atoms with Crippen LogP contribution in [0.25, 0.3) is 21.7 Å². The SMILES string of the molecule is N#Cc1c(N)nc(SCc2csc(-c3ccc(Cl)cc3)n2)c(C#N)c1-c1ccc(O[C@H]2CCCC[C@@H]2O)cc1. The molecular formula is C29H24ClN5O2S2. The van der Waals surface area contributed by atoms with Crippen LogP contribution in [0.3, 0.4) is 0 Å². The normalized spacial score (nSPS) is 16.8. The highest BCUT2D eigenvalue weighted by atomic mass is 35.5. The molecular weight excluding hydrogens is 550 g/mol. The molecule has 2 atom stereocenters. The van der Waals surface area contributed by atoms with Crippen LogP contribution in [0.4, 0.5) is 5.82 Å². The number of ether oxygens (including phenoxy) is 1. The van der Waals surface area contributed by atoms with Gasteiger partial charge < -0.3 is 15.6 Å². The van der Waals surface area contributed by atoms with Crippen molar-refractivity contribution in [3.63, 3.8) is 0 Å². The van der Waals surface area contributed by atoms with Crippen LogP contribution < -0.4 is 10.5 Å². The molecule has 196 valence electrons. The first kappa shape index (κ1) is 27.0. The maximum Gasteiger partial charge on any atom is 0.143 e. The number of benzene rings is 2. The van der Waals surface area contributed by atoms with Crippen molar-refractivity contribution in [3.05, 3.63) is 75.8 Å². The number of thioether (sulfide) groups is 1. The Kier molecular flexibility index (Phi) is 8.35. The van der Waals surface area contributed by atoms with E-state index < -0.39 is 6.10 Å². The second-order valence-corrected chi connectivity index (χ2v) is 11.4. The van der Waals surface area contributed by atoms with Crippen LogP contribution in [0.15, 0.2) is 58.9 Å². The molecule has 0 amide bonds. The summed E-state index contributed by atoms with van der Waals surface area (Å²) >= 11 is 8.88. The number of pyridine rings is 1. The van der Waals surface area contributed by atoms with E-state index in [9.17, 15) is 15.6 Å². The Morgan fingerprint density at radius 2 is 1.69 bits per heavy atom. The summed E-state index contributed by atoms with van der Waals surface area (Å²) in [6, 6.07) is 19.0. The minimum absolute atomic E-state index is 0.0692. The van der Waals surface area contributed by atoms with E-state index in [1.807, 2.05) is 29.6 Å². The van der Waals surface area contributed by atoms with Crippen molar-refractivity contribution >= 4 is 40.5 Å². The standard InChI is InChI=1S/C29H24ClN5O2S2/c30-19-9-5-18(6-10-19)28-34-20(15-38-28)16-39-29-23(14-32)26(22(13-31)27(33)35-29)17-7-11-21(12-8-17)37-25-4-2-1-3-24(25)36/h5-12,15,24-25,36H,1-4,16H2,(H2,33,35)/t24-,25-/m0/s1. The van der Waals surface area contributed by atoms with E-state index in [2.05, 4.69) is 17.1 Å². The van der Waals surface area contributed by atoms with E-state index in [0.717, 1.165) is 41.9 Å². The highest BCUT2D eigenvalue weighted by molar-refractivity contribution is 7.98. The summed E-state index contributed by atoms with van der Waals surface area (Å²) in [5, 5.41) is 34.2. The van der Waals surface area contributed by atoms with E-state index in [-0.39, 0.29) is 23.0 Å². The van der Waals surface area contributed by atoms with Gasteiger partial charge in [-0.15, -0.1) is 11.3 Å². The molecule has 0 aliphatic heterocycles. The van der Waals surface area contributed by atoms with Crippen molar-refractivity contribution in [1.29, 1.82) is 10.5 Å². The fourth-order valence-corrected chi connectivity index (χ4v) is 6.47. The van der Waals surface area contributed by atoms with Gasteiger partial charge >= 0.3 is 0 Å². The molecule has 3 N–H and O–H groups in total. The highest BCUT2D eigenvalue weighted by Gasteiger charge is 2.25. The molecule has 1 aliphatic carbocycles. The number of hydrogen-bond donors (Lipinski definition) is 2. The molecule has 0 radical (unpaired) electrons. The Morgan fingerprint density at radius 1 is 1.00 bits per heavy atom. The van der Waals surface area contributed by atoms with Crippen LogP contribution in [0.2, 0.25) is 5.02 Å². The molecule has 0 bridgehead atoms. The molecule has 39 heavy (non-hydrogen) atoms. The predicted molar refractivity (Wildman–Crippen MR) is 155 cm³/mol. The molecule has 5 rings (SSSR count). The zero-order valence-corrected chi connectivity index (χ0v) is 23.2. The molecule has 7 nitrogen and oxygen atoms in total. The zero-order chi connectivity index (χ0) is 27.4. The Bertz CT molecular complexity index is 1560. The molecule has 2 aromatic heterocycles. The van der Waals surface area contributed by atoms with Crippen molar-refractivity contribution in [3.8, 4) is 39.6 Å². The van der Waals surface area contributed by atoms with Gasteiger partial charge in [0.2, 0.25) is 0 Å². The number of aromatic nitrogens is 2. The van der Waals surface area contributed by atoms with Crippen LogP contribution in [-0.2, 0) is 5.75 Å². The number of nitrogens with two attached hydrogens (primary N) is 1. The van der Waals surface area contributed by atoms with Gasteiger partial charge in [-0.1, -0.05) is 54.0 Å². The van der Waals surface area contributed by atoms with Crippen molar-refractivity contribution in [1.82, 2.24) is 9.97 Å². The molecule has 0 unspecified atom stereocenters. The number of nitrogen functional groups attached to an aromatic ring is 1. The van der Waals surface area contributed by atoms with E-state index in [4.69, 9.17) is 27.1 Å². The number of nitrogens with zero attached hydrogens (tertiary/aromatic N) is 4. The summed E-state index contributed by atoms with van der Waals surface area (Å²) in [7, 11) is 0. The highest BCUT2D eigenvalue weighted by Crippen LogP contribution is 2.38. The van der Waals surface area contributed by atoms with Gasteiger partial charge in [-0.3, -0.25) is 0 Å². The number of rotatable bonds is 7. The minimum Gasteiger partial charge on any atom is -0.488 e. The third-order valence-electron chi connectivity index (χ3n) is 6.51. The number of nitriles is 2. The third kappa shape index (κ3) is 6.03. The number of aliphatic hydroxyl groups excluding tert-OH is 1. The van der Waals surface area contributed by atoms with Crippen molar-refractivity contribution in [2.24, 2.45) is 0 Å². The maximum atomic E-state index is 10.2. The third-order valence-corrected chi connectivity index (χ3v) is 8.71. The van der Waals surface area contributed by atoms with Gasteiger partial charge in [0.05, 0.1) is 17.4 Å². The lowest BCUT2D eigenvalue weighted by Crippen LogP contribution is -2.34. The first-order valence-corrected chi connectivity index (χ1v) is 14.6. The van der Waals surface area contributed by atoms with Crippen LogP contribution in [-0.4, -0.2) is 27.3 Å². The van der Waals surface area contributed by atoms with Gasteiger partial charge in [0.25, 0.3) is 0 Å². The van der Waals surface area contributed by atoms with Gasteiger partial charge in [-0.05, 0) is 49.1 Å². The summed E-state index contributed by atoms with van der Waals surface area (Å²) in [6.45, 7) is 0. The maximum absolute atomic E-state index is 10.2. The lowest BCUT2D eigenvalue weighted by atomic mass is 9.94. The fourth-order valence-electron chi connectivity index (χ4n) is 4.52. The quantitative estimate of drug-likeness (QED) is 0.230. The summed E-state index contributed by atoms with van der Waals surface area (Å²) in [5.41, 5.74) is 9.56. The number of aliphatic hydroxyl groups is 1. The number of anilines is 1. The summed E-state index contributed by atoms with van der Waals surface area (Å²) in [4.78, 5) is 9.11. The van der Waals surface area contributed by atoms with Crippen LogP contribution in [0.1, 0.15) is 42.5 Å². The molecule has 0 spiro atoms. The minimum atomic E-state index is -0.478. The Morgan fingerprint density at radius 3 is 2.38 bits per heavy atom. The summed E-state index contributed by atoms with van der Waals surface area (Å²) < 4.78 is 6.01. The average Bonchev–Trinajstić information content (AvgIpc) is 3.42. The average molecular weight is 574 g/mol. The molecule has 2 heterocycles. The van der Waals surface area contributed by atoms with E-state index in [0.29, 0.717) is 32.7 Å². The number of halogens is 1. The molecule has 2 aromatic carbocycles. The van der Waals surface area contributed by atoms with Crippen molar-refractivity contribution in [2.75, 3.05) is 5.73 Å². The van der Waals surface area contributed by atoms with Crippen molar-refractivity contribution in [2.45, 2.75) is 48.7 Å². The Labute approximate surface area is 239 Å². The van der Waals surface area contributed by atoms with Gasteiger partial charge in [-0.25, -0.2) is 9.97 Å². The van der Waals surface area contributed by atoms with E-state index in [1.165, 1.54) is 23.1 Å². The summed E-state index contributed by atoms with van der Waals surface area (Å²) in [6.07, 6.45) is 2.86. The molecule has 1 fully saturated rings. The number of thiazole rings is 1. The first-order valence-electron chi connectivity index (χ1n) is 12.4. The first-order chi connectivity index (χ1) is 19.0. The molecule has 1 aliphatic rings. The Balaban J connectivity index is 1.39. The second kappa shape index (κ2) is 12.1. The zero-order valence-electron chi connectivity index (χ0n) is 20.8. The second-order valence-electron chi connectivity index (χ2n) is 9.12. The number of hydrogen-bond acceptors (Lipinski definition) is 9. The lowest BCUT2D eigenvalue weighted by molar-refractivity contribution is 0.00688. The van der Waals surface area contributed by atoms with Crippen LogP contribution in [0.5, 0.6) is 5.75 Å². The van der Waals surface area contributed by atoms with Crippen LogP contribution in [0, 0.1) is 22.7 Å². The van der Waals surface area contributed by atoms with E-state index in [1.54, 1.807) is 24.3 Å². The Hall–Kier alpha value is -3.60. The fraction of sp³-hybridized carbons (Fsp3) is 0.241. The largest absolute Gasteiger partial charge is 0.488 e. The molecule has 1 saturated carbocycles. The smallest absolute Gasteiger partial charge is 0.143 e. The van der Waals surface area contributed by atoms with Gasteiger partial charge in [-0.2, -0.15) is 10.5 Å². The van der Waals surface area contributed by atoms with Gasteiger partial charge in [0, 0.05) is 27.3 Å². The molecule has 0 saturated heterocycles. The monoisotopic (exact) mass is 573 g/mol. The lowest BCUT2D eigenvalue weighted by Gasteiger charge is -2.28. The van der Waals surface area contributed by atoms with E-state index >= 15 is 0 Å². The van der Waals surface area contributed by atoms with Crippen molar-refractivity contribution < 1.29 is 9.84 Å². The molecule has 4 aromatic rings. The summed E-state index contributed by atoms with van der Waals surface area (Å²) in [5.74, 6) is 1.17. The van der Waals surface area contributed by atoms with Gasteiger partial charge in [0.15, 0.2) is 0 Å².